The van der Waals surface area contributed by atoms with Crippen molar-refractivity contribution in [3.8, 4) is 11.4 Å². The van der Waals surface area contributed by atoms with Crippen LogP contribution in [0.2, 0.25) is 0 Å². The van der Waals surface area contributed by atoms with Crippen LogP contribution in [0.3, 0.4) is 0 Å². The lowest BCUT2D eigenvalue weighted by Crippen LogP contribution is -3.14. The van der Waals surface area contributed by atoms with Gasteiger partial charge in [0.05, 0.1) is 33.3 Å². The predicted molar refractivity (Wildman–Crippen MR) is 118 cm³/mol. The van der Waals surface area contributed by atoms with Gasteiger partial charge in [-0.15, -0.1) is 0 Å². The monoisotopic (exact) mass is 410 g/mol. The minimum Gasteiger partial charge on any atom is -0.497 e. The van der Waals surface area contributed by atoms with Crippen molar-refractivity contribution in [2.24, 2.45) is 0 Å². The molecule has 1 saturated heterocycles. The van der Waals surface area contributed by atoms with E-state index in [9.17, 15) is 0 Å². The first-order valence-corrected chi connectivity index (χ1v) is 10.4. The molecule has 0 unspecified atom stereocenters. The summed E-state index contributed by atoms with van der Waals surface area (Å²) in [6.07, 6.45) is 0. The van der Waals surface area contributed by atoms with Gasteiger partial charge in [-0.2, -0.15) is 9.78 Å². The predicted octanol–water partition coefficient (Wildman–Crippen LogP) is 2.39. The smallest absolute Gasteiger partial charge is 0.207 e. The van der Waals surface area contributed by atoms with Crippen molar-refractivity contribution < 1.29 is 9.64 Å². The average Bonchev–Trinajstić information content (AvgIpc) is 3.01. The van der Waals surface area contributed by atoms with Crippen LogP contribution in [0.5, 0.6) is 5.75 Å². The number of nitrogens with one attached hydrogen (secondary N) is 1. The van der Waals surface area contributed by atoms with Crippen molar-refractivity contribution in [3.05, 3.63) is 64.7 Å². The number of hydrogen-bond donors (Lipinski definition) is 1. The third-order valence-electron chi connectivity index (χ3n) is 5.54. The van der Waals surface area contributed by atoms with Crippen LogP contribution in [0, 0.1) is 18.6 Å². The van der Waals surface area contributed by atoms with Gasteiger partial charge in [-0.25, -0.2) is 0 Å². The molecule has 0 spiro atoms. The van der Waals surface area contributed by atoms with Crippen LogP contribution < -0.4 is 14.5 Å². The molecule has 3 aromatic rings. The number of aryl methyl sites for hydroxylation is 2. The third kappa shape index (κ3) is 4.21. The fourth-order valence-corrected chi connectivity index (χ4v) is 4.27. The Morgan fingerprint density at radius 2 is 1.76 bits per heavy atom. The van der Waals surface area contributed by atoms with Crippen molar-refractivity contribution in [3.63, 3.8) is 0 Å². The maximum atomic E-state index is 5.76. The Kier molecular flexibility index (Phi) is 5.69. The maximum Gasteiger partial charge on any atom is 0.207 e. The summed E-state index contributed by atoms with van der Waals surface area (Å²) in [7, 11) is 1.70. The van der Waals surface area contributed by atoms with E-state index in [4.69, 9.17) is 22.1 Å². The van der Waals surface area contributed by atoms with E-state index in [1.54, 1.807) is 7.11 Å². The summed E-state index contributed by atoms with van der Waals surface area (Å²) < 4.78 is 10.1. The van der Waals surface area contributed by atoms with Crippen molar-refractivity contribution in [2.75, 3.05) is 38.2 Å². The summed E-state index contributed by atoms with van der Waals surface area (Å²) in [4.78, 5) is 3.93. The lowest BCUT2D eigenvalue weighted by molar-refractivity contribution is -0.924. The summed E-state index contributed by atoms with van der Waals surface area (Å²) in [5.41, 5.74) is 3.55. The summed E-state index contributed by atoms with van der Waals surface area (Å²) in [5, 5.41) is 4.73. The minimum atomic E-state index is 0.762. The Morgan fingerprint density at radius 3 is 2.41 bits per heavy atom. The van der Waals surface area contributed by atoms with Crippen LogP contribution >= 0.6 is 12.2 Å². The van der Waals surface area contributed by atoms with Crippen molar-refractivity contribution in [1.29, 1.82) is 0 Å². The van der Waals surface area contributed by atoms with Crippen LogP contribution in [0.25, 0.3) is 5.69 Å². The number of piperazine rings is 1. The second-order valence-electron chi connectivity index (χ2n) is 7.60. The molecular formula is C22H28N5OS+. The molecular weight excluding hydrogens is 382 g/mol. The van der Waals surface area contributed by atoms with Crippen molar-refractivity contribution in [1.82, 2.24) is 14.3 Å². The summed E-state index contributed by atoms with van der Waals surface area (Å²) in [6, 6.07) is 16.7. The zero-order valence-corrected chi connectivity index (χ0v) is 18.1. The molecule has 1 aliphatic rings. The van der Waals surface area contributed by atoms with E-state index in [1.807, 2.05) is 23.7 Å². The molecule has 1 fully saturated rings. The Morgan fingerprint density at radius 1 is 1.03 bits per heavy atom. The molecule has 7 heteroatoms. The molecule has 29 heavy (non-hydrogen) atoms. The second-order valence-corrected chi connectivity index (χ2v) is 7.96. The van der Waals surface area contributed by atoms with Gasteiger partial charge in [0.2, 0.25) is 4.77 Å². The highest BCUT2D eigenvalue weighted by atomic mass is 32.1. The topological polar surface area (TPSA) is 39.7 Å². The third-order valence-corrected chi connectivity index (χ3v) is 5.94. The highest BCUT2D eigenvalue weighted by Gasteiger charge is 2.22. The SMILES string of the molecule is COc1ccc(N2CC[NH+](Cn3nc(C)n(-c4cccc(C)c4)c3=S)CC2)cc1. The molecule has 0 amide bonds. The zero-order valence-electron chi connectivity index (χ0n) is 17.3. The summed E-state index contributed by atoms with van der Waals surface area (Å²) in [6.45, 7) is 9.08. The Labute approximate surface area is 176 Å². The van der Waals surface area contributed by atoms with Crippen LogP contribution in [0.1, 0.15) is 11.4 Å². The highest BCUT2D eigenvalue weighted by Crippen LogP contribution is 2.19. The molecule has 2 aromatic carbocycles. The van der Waals surface area contributed by atoms with Crippen molar-refractivity contribution in [2.45, 2.75) is 20.5 Å². The number of ether oxygens (including phenoxy) is 1. The van der Waals surface area contributed by atoms with Gasteiger partial charge in [0, 0.05) is 11.4 Å². The zero-order chi connectivity index (χ0) is 20.4. The minimum absolute atomic E-state index is 0.762. The first-order chi connectivity index (χ1) is 14.0. The first-order valence-electron chi connectivity index (χ1n) is 10.0. The van der Waals surface area contributed by atoms with Crippen molar-refractivity contribution >= 4 is 17.9 Å². The second kappa shape index (κ2) is 8.39. The van der Waals surface area contributed by atoms with E-state index < -0.39 is 0 Å². The van der Waals surface area contributed by atoms with Crippen LogP contribution in [0.4, 0.5) is 5.69 Å². The van der Waals surface area contributed by atoms with E-state index in [0.29, 0.717) is 0 Å². The number of hydrogen-bond acceptors (Lipinski definition) is 4. The summed E-state index contributed by atoms with van der Waals surface area (Å²) in [5.74, 6) is 1.82. The van der Waals surface area contributed by atoms with Crippen LogP contribution in [-0.2, 0) is 6.67 Å². The van der Waals surface area contributed by atoms with Crippen LogP contribution in [-0.4, -0.2) is 47.6 Å². The van der Waals surface area contributed by atoms with Gasteiger partial charge in [-0.3, -0.25) is 4.57 Å². The van der Waals surface area contributed by atoms with Gasteiger partial charge >= 0.3 is 0 Å². The number of quaternary nitrogens is 1. The standard InChI is InChI=1S/C22H27N5OS/c1-17-5-4-6-20(15-17)27-18(2)23-26(22(27)29)16-24-11-13-25(14-12-24)19-7-9-21(28-3)10-8-19/h4-10,15H,11-14,16H2,1-3H3/p+1. The molecule has 0 bridgehead atoms. The molecule has 152 valence electrons. The Bertz CT molecular complexity index is 1030. The van der Waals surface area contributed by atoms with Gasteiger partial charge < -0.3 is 14.5 Å². The molecule has 0 aliphatic carbocycles. The number of anilines is 1. The molecule has 2 heterocycles. The number of methoxy groups -OCH3 is 1. The molecule has 1 aliphatic heterocycles. The van der Waals surface area contributed by atoms with Crippen LogP contribution in [0.15, 0.2) is 48.5 Å². The van der Waals surface area contributed by atoms with E-state index >= 15 is 0 Å². The first kappa shape index (κ1) is 19.7. The van der Waals surface area contributed by atoms with Gasteiger partial charge in [-0.05, 0) is 68.0 Å². The van der Waals surface area contributed by atoms with Gasteiger partial charge in [0.25, 0.3) is 0 Å². The Balaban J connectivity index is 1.43. The van der Waals surface area contributed by atoms with Gasteiger partial charge in [0.15, 0.2) is 6.67 Å². The largest absolute Gasteiger partial charge is 0.497 e. The molecule has 1 aromatic heterocycles. The molecule has 6 nitrogen and oxygen atoms in total. The number of benzene rings is 2. The van der Waals surface area contributed by atoms with E-state index in [0.717, 1.165) is 54.9 Å². The number of aromatic nitrogens is 3. The van der Waals surface area contributed by atoms with E-state index in [-0.39, 0.29) is 0 Å². The van der Waals surface area contributed by atoms with E-state index in [1.165, 1.54) is 16.2 Å². The number of nitrogens with zero attached hydrogens (tertiary/aromatic N) is 4. The molecule has 4 rings (SSSR count). The molecule has 0 radical (unpaired) electrons. The number of rotatable bonds is 5. The summed E-state index contributed by atoms with van der Waals surface area (Å²) >= 11 is 5.76. The Hall–Kier alpha value is -2.64. The maximum absolute atomic E-state index is 5.76. The van der Waals surface area contributed by atoms with Gasteiger partial charge in [-0.1, -0.05) is 12.1 Å². The molecule has 0 atom stereocenters. The lowest BCUT2D eigenvalue weighted by Gasteiger charge is -2.33. The fraction of sp³-hybridized carbons (Fsp3) is 0.364. The molecule has 0 saturated carbocycles. The van der Waals surface area contributed by atoms with E-state index in [2.05, 4.69) is 52.8 Å². The quantitative estimate of drug-likeness (QED) is 0.656. The van der Waals surface area contributed by atoms with Gasteiger partial charge in [0.1, 0.15) is 11.6 Å². The average molecular weight is 411 g/mol. The lowest BCUT2D eigenvalue weighted by atomic mass is 10.2. The highest BCUT2D eigenvalue weighted by molar-refractivity contribution is 7.71. The fourth-order valence-electron chi connectivity index (χ4n) is 3.93. The normalized spacial score (nSPS) is 14.9. The molecule has 1 N–H and O–H groups in total.